The summed E-state index contributed by atoms with van der Waals surface area (Å²) in [4.78, 5) is 39.8. The van der Waals surface area contributed by atoms with Gasteiger partial charge in [-0.3, -0.25) is 14.2 Å². The van der Waals surface area contributed by atoms with Crippen LogP contribution in [0.25, 0.3) is 0 Å². The fraction of sp³-hybridized carbons (Fsp3) is 0.700. The number of allylic oxidation sites excluding steroid dienone is 15. The highest BCUT2D eigenvalue weighted by Crippen LogP contribution is 2.38. The maximum Gasteiger partial charge on any atom is 0.306 e. The summed E-state index contributed by atoms with van der Waals surface area (Å²) < 4.78 is 30.1. The molecule has 0 saturated carbocycles. The van der Waals surface area contributed by atoms with Crippen molar-refractivity contribution in [3.63, 3.8) is 0 Å². The second-order valence-electron chi connectivity index (χ2n) is 19.7. The number of phosphoric acid groups is 1. The molecule has 3 unspecified atom stereocenters. The fourth-order valence-corrected chi connectivity index (χ4v) is 8.12. The molecule has 0 aliphatic carbocycles. The third-order valence-corrected chi connectivity index (χ3v) is 12.7. The van der Waals surface area contributed by atoms with E-state index in [4.69, 9.17) is 13.8 Å². The first-order valence-corrected chi connectivity index (χ1v) is 29.5. The Labute approximate surface area is 430 Å². The molecule has 402 valence electrons. The van der Waals surface area contributed by atoms with E-state index in [0.29, 0.717) is 23.9 Å². The minimum Gasteiger partial charge on any atom is -0.756 e. The van der Waals surface area contributed by atoms with Crippen molar-refractivity contribution >= 4 is 19.7 Å². The summed E-state index contributed by atoms with van der Waals surface area (Å²) in [6, 6.07) is -0.918. The highest BCUT2D eigenvalue weighted by molar-refractivity contribution is 7.45. The molecule has 0 aromatic rings. The fourth-order valence-electron chi connectivity index (χ4n) is 7.40. The van der Waals surface area contributed by atoms with Crippen LogP contribution in [-0.4, -0.2) is 69.4 Å². The van der Waals surface area contributed by atoms with Crippen molar-refractivity contribution in [1.82, 2.24) is 5.32 Å². The molecule has 9 nitrogen and oxygen atoms in total. The van der Waals surface area contributed by atoms with Crippen LogP contribution in [0.4, 0.5) is 0 Å². The number of unbranched alkanes of at least 4 members (excludes halogenated alkanes) is 19. The average Bonchev–Trinajstić information content (AvgIpc) is 3.32. The van der Waals surface area contributed by atoms with Crippen molar-refractivity contribution < 1.29 is 37.3 Å². The first kappa shape index (κ1) is 66.9. The minimum absolute atomic E-state index is 0.0374. The van der Waals surface area contributed by atoms with Gasteiger partial charge in [-0.1, -0.05) is 195 Å². The van der Waals surface area contributed by atoms with Crippen molar-refractivity contribution in [2.75, 3.05) is 40.9 Å². The molecule has 0 spiro atoms. The van der Waals surface area contributed by atoms with Crippen molar-refractivity contribution in [2.45, 2.75) is 232 Å². The molecule has 0 aliphatic heterocycles. The van der Waals surface area contributed by atoms with E-state index in [9.17, 15) is 19.0 Å². The second kappa shape index (κ2) is 49.5. The van der Waals surface area contributed by atoms with E-state index in [1.807, 2.05) is 27.2 Å². The van der Waals surface area contributed by atoms with Crippen LogP contribution in [0.15, 0.2) is 97.2 Å². The number of carbonyl (C=O) groups excluding carboxylic acids is 2. The molecule has 0 rings (SSSR count). The topological polar surface area (TPSA) is 114 Å². The summed E-state index contributed by atoms with van der Waals surface area (Å²) in [5.74, 6) is -0.612. The van der Waals surface area contributed by atoms with Crippen LogP contribution in [0.3, 0.4) is 0 Å². The van der Waals surface area contributed by atoms with Gasteiger partial charge < -0.3 is 28.5 Å². The highest BCUT2D eigenvalue weighted by Gasteiger charge is 2.27. The van der Waals surface area contributed by atoms with E-state index in [0.717, 1.165) is 103 Å². The number of carbonyl (C=O) groups is 2. The molecule has 0 fully saturated rings. The normalized spacial score (nSPS) is 14.6. The van der Waals surface area contributed by atoms with Gasteiger partial charge in [0, 0.05) is 12.8 Å². The zero-order valence-corrected chi connectivity index (χ0v) is 46.6. The van der Waals surface area contributed by atoms with Crippen molar-refractivity contribution in [1.29, 1.82) is 0 Å². The molecule has 70 heavy (non-hydrogen) atoms. The molecule has 3 atom stereocenters. The molecule has 0 aliphatic rings. The lowest BCUT2D eigenvalue weighted by Gasteiger charge is -2.30. The molecule has 10 heteroatoms. The zero-order valence-electron chi connectivity index (χ0n) is 45.7. The van der Waals surface area contributed by atoms with Gasteiger partial charge in [-0.05, 0) is 109 Å². The summed E-state index contributed by atoms with van der Waals surface area (Å²) >= 11 is 0. The molecule has 0 aromatic carbocycles. The predicted octanol–water partition coefficient (Wildman–Crippen LogP) is 16.2. The molecule has 1 amide bonds. The number of rotatable bonds is 49. The lowest BCUT2D eigenvalue weighted by molar-refractivity contribution is -0.870. The molecule has 0 bridgehead atoms. The van der Waals surface area contributed by atoms with E-state index in [2.05, 4.69) is 111 Å². The van der Waals surface area contributed by atoms with Crippen molar-refractivity contribution in [3.05, 3.63) is 97.2 Å². The first-order valence-electron chi connectivity index (χ1n) is 28.0. The van der Waals surface area contributed by atoms with E-state index in [-0.39, 0.29) is 31.3 Å². The monoisotopic (exact) mass is 997 g/mol. The Morgan fingerprint density at radius 2 is 0.914 bits per heavy atom. The van der Waals surface area contributed by atoms with Crippen LogP contribution < -0.4 is 10.2 Å². The van der Waals surface area contributed by atoms with Gasteiger partial charge in [-0.25, -0.2) is 0 Å². The van der Waals surface area contributed by atoms with Crippen LogP contribution in [-0.2, 0) is 27.9 Å². The molecule has 0 aromatic heterocycles. The number of quaternary nitrogens is 1. The van der Waals surface area contributed by atoms with E-state index in [1.165, 1.54) is 70.6 Å². The number of esters is 1. The number of ether oxygens (including phenoxy) is 1. The van der Waals surface area contributed by atoms with Gasteiger partial charge in [-0.15, -0.1) is 0 Å². The van der Waals surface area contributed by atoms with E-state index >= 15 is 0 Å². The van der Waals surface area contributed by atoms with E-state index in [1.54, 1.807) is 6.08 Å². The summed E-state index contributed by atoms with van der Waals surface area (Å²) in [7, 11) is 1.13. The van der Waals surface area contributed by atoms with Crippen LogP contribution in [0, 0.1) is 0 Å². The number of nitrogens with zero attached hydrogens (tertiary/aromatic N) is 1. The molecular formula is C60H105N2O7P. The Morgan fingerprint density at radius 1 is 0.514 bits per heavy atom. The number of phosphoric ester groups is 1. The highest BCUT2D eigenvalue weighted by atomic mass is 31.2. The maximum absolute atomic E-state index is 13.5. The summed E-state index contributed by atoms with van der Waals surface area (Å²) in [6.45, 7) is 6.63. The second-order valence-corrected chi connectivity index (χ2v) is 21.1. The van der Waals surface area contributed by atoms with Gasteiger partial charge in [0.2, 0.25) is 5.91 Å². The van der Waals surface area contributed by atoms with Crippen molar-refractivity contribution in [2.24, 2.45) is 0 Å². The van der Waals surface area contributed by atoms with Crippen LogP contribution in [0.1, 0.15) is 220 Å². The third kappa shape index (κ3) is 49.9. The van der Waals surface area contributed by atoms with Crippen LogP contribution in [0.2, 0.25) is 0 Å². The minimum atomic E-state index is -4.71. The van der Waals surface area contributed by atoms with E-state index < -0.39 is 26.6 Å². The van der Waals surface area contributed by atoms with Crippen LogP contribution >= 0.6 is 7.82 Å². The average molecular weight is 997 g/mol. The molecule has 0 saturated heterocycles. The van der Waals surface area contributed by atoms with Gasteiger partial charge in [0.05, 0.1) is 33.8 Å². The lowest BCUT2D eigenvalue weighted by atomic mass is 10.1. The Bertz CT molecular complexity index is 1520. The van der Waals surface area contributed by atoms with Gasteiger partial charge >= 0.3 is 5.97 Å². The lowest BCUT2D eigenvalue weighted by Crippen LogP contribution is -2.47. The number of hydrogen-bond donors (Lipinski definition) is 1. The Morgan fingerprint density at radius 3 is 1.41 bits per heavy atom. The van der Waals surface area contributed by atoms with Crippen molar-refractivity contribution in [3.8, 4) is 0 Å². The largest absolute Gasteiger partial charge is 0.756 e. The first-order chi connectivity index (χ1) is 33.9. The quantitative estimate of drug-likeness (QED) is 0.0212. The molecule has 0 heterocycles. The Kier molecular flexibility index (Phi) is 47.3. The summed E-state index contributed by atoms with van der Waals surface area (Å²) in [5, 5.41) is 2.99. The maximum atomic E-state index is 13.5. The SMILES string of the molecule is CC/C=C/C/C=C/C/C=C/CCCCCCC(=O)OC(/C=C\CCCCCCCCCCC)C(COP(=O)([O-])OCC[N+](C)(C)C)NC(=O)CCCCC/C=C\C/C=C\C/C=C\C/C=C\CCCCC. The van der Waals surface area contributed by atoms with Gasteiger partial charge in [-0.2, -0.15) is 0 Å². The number of likely N-dealkylation sites (N-methyl/N-ethyl adjacent to an activating group) is 1. The Balaban J connectivity index is 5.43. The van der Waals surface area contributed by atoms with Gasteiger partial charge in [0.25, 0.3) is 7.82 Å². The predicted molar refractivity (Wildman–Crippen MR) is 297 cm³/mol. The Hall–Kier alpha value is -3.07. The third-order valence-electron chi connectivity index (χ3n) is 11.7. The number of nitrogens with one attached hydrogen (secondary N) is 1. The van der Waals surface area contributed by atoms with Crippen LogP contribution in [0.5, 0.6) is 0 Å². The smallest absolute Gasteiger partial charge is 0.306 e. The standard InChI is InChI=1S/C60H105N2O7P/c1-7-10-13-16-19-22-25-27-29-30-31-32-33-34-37-40-43-46-49-52-59(63)61-57(56-68-70(65,66)67-55-54-62(4,5)6)58(51-48-45-42-39-36-24-21-18-15-12-9-3)69-60(64)53-50-47-44-41-38-35-28-26-23-20-17-14-11-8-2/h11,14,19-20,22-23,27-29,31-32,34-35,37,48,51,57-58H,7-10,12-13,15-18,21,24-26,30,33,36,38-47,49-50,52-56H2,1-6H3,(H-,61,63,65,66)/b14-11+,22-19-,23-20+,29-27-,32-31-,35-28+,37-34-,51-48-. The van der Waals surface area contributed by atoms with Gasteiger partial charge in [0.15, 0.2) is 0 Å². The summed E-state index contributed by atoms with van der Waals surface area (Å²) in [6.07, 6.45) is 65.2. The summed E-state index contributed by atoms with van der Waals surface area (Å²) in [5.41, 5.74) is 0. The molecular weight excluding hydrogens is 892 g/mol. The number of amides is 1. The number of hydrogen-bond acceptors (Lipinski definition) is 7. The zero-order chi connectivity index (χ0) is 51.5. The van der Waals surface area contributed by atoms with Gasteiger partial charge in [0.1, 0.15) is 19.3 Å². The molecule has 0 radical (unpaired) electrons. The molecule has 1 N–H and O–H groups in total.